The van der Waals surface area contributed by atoms with E-state index >= 15 is 0 Å². The molecule has 0 aliphatic heterocycles. The minimum atomic E-state index is -0.762. The van der Waals surface area contributed by atoms with Crippen LogP contribution < -0.4 is 0 Å². The lowest BCUT2D eigenvalue weighted by molar-refractivity contribution is -0.167. The number of carbonyl (C=O) groups is 3. The number of hydrogen-bond donors (Lipinski definition) is 0. The van der Waals surface area contributed by atoms with Crippen LogP contribution in [-0.4, -0.2) is 37.2 Å². The Bertz CT molecular complexity index is 962. The van der Waals surface area contributed by atoms with E-state index in [0.29, 0.717) is 19.3 Å². The molecule has 0 radical (unpaired) electrons. The Morgan fingerprint density at radius 3 is 0.778 bits per heavy atom. The van der Waals surface area contributed by atoms with Crippen LogP contribution in [0, 0.1) is 11.8 Å². The predicted octanol–water partition coefficient (Wildman–Crippen LogP) is 18.5. The Balaban J connectivity index is 4.29. The first-order valence-electron chi connectivity index (χ1n) is 28.2. The number of hydrogen-bond acceptors (Lipinski definition) is 6. The van der Waals surface area contributed by atoms with E-state index in [4.69, 9.17) is 14.2 Å². The van der Waals surface area contributed by atoms with Gasteiger partial charge in [0.25, 0.3) is 0 Å². The minimum Gasteiger partial charge on any atom is -0.462 e. The molecule has 0 N–H and O–H groups in total. The van der Waals surface area contributed by atoms with E-state index in [-0.39, 0.29) is 31.1 Å². The third-order valence-electron chi connectivity index (χ3n) is 13.0. The molecule has 6 heteroatoms. The van der Waals surface area contributed by atoms with E-state index in [1.807, 2.05) is 0 Å². The molecule has 0 amide bonds. The number of carbonyl (C=O) groups excluding carboxylic acids is 3. The first-order chi connectivity index (χ1) is 30.7. The van der Waals surface area contributed by atoms with Gasteiger partial charge in [0.05, 0.1) is 0 Å². The first-order valence-corrected chi connectivity index (χ1v) is 28.2. The second kappa shape index (κ2) is 49.8. The van der Waals surface area contributed by atoms with E-state index in [2.05, 4.69) is 34.6 Å². The summed E-state index contributed by atoms with van der Waals surface area (Å²) in [5.74, 6) is 0.838. The Morgan fingerprint density at radius 2 is 0.524 bits per heavy atom. The summed E-state index contributed by atoms with van der Waals surface area (Å²) in [6.45, 7) is 11.4. The van der Waals surface area contributed by atoms with Crippen molar-refractivity contribution in [3.05, 3.63) is 0 Å². The van der Waals surface area contributed by atoms with Crippen LogP contribution in [0.2, 0.25) is 0 Å². The lowest BCUT2D eigenvalue weighted by atomic mass is 10.0. The maximum absolute atomic E-state index is 12.8. The molecule has 0 aliphatic rings. The van der Waals surface area contributed by atoms with E-state index < -0.39 is 6.10 Å². The highest BCUT2D eigenvalue weighted by Gasteiger charge is 2.19. The Morgan fingerprint density at radius 1 is 0.302 bits per heavy atom. The van der Waals surface area contributed by atoms with E-state index in [1.165, 1.54) is 205 Å². The van der Waals surface area contributed by atoms with Crippen LogP contribution in [0.1, 0.15) is 317 Å². The molecule has 0 aliphatic carbocycles. The summed E-state index contributed by atoms with van der Waals surface area (Å²) in [6, 6.07) is 0. The van der Waals surface area contributed by atoms with Crippen molar-refractivity contribution in [2.75, 3.05) is 13.2 Å². The Kier molecular flexibility index (Phi) is 48.6. The fraction of sp³-hybridized carbons (Fsp3) is 0.947. The van der Waals surface area contributed by atoms with Crippen molar-refractivity contribution in [1.29, 1.82) is 0 Å². The van der Waals surface area contributed by atoms with Gasteiger partial charge >= 0.3 is 17.9 Å². The van der Waals surface area contributed by atoms with Crippen molar-refractivity contribution in [2.24, 2.45) is 11.8 Å². The van der Waals surface area contributed by atoms with Crippen molar-refractivity contribution < 1.29 is 28.6 Å². The molecule has 0 fully saturated rings. The topological polar surface area (TPSA) is 78.9 Å². The summed E-state index contributed by atoms with van der Waals surface area (Å²) < 4.78 is 16.9. The average Bonchev–Trinajstić information content (AvgIpc) is 3.25. The highest BCUT2D eigenvalue weighted by Crippen LogP contribution is 2.18. The molecule has 63 heavy (non-hydrogen) atoms. The standard InChI is InChI=1S/C57H110O6/c1-6-7-8-9-10-11-12-15-24-29-34-39-44-49-57(60)63-54(51-62-56(59)48-43-38-33-28-23-19-18-21-26-31-36-41-46-53(4)5)50-61-55(58)47-42-37-32-27-22-17-14-13-16-20-25-30-35-40-45-52(2)3/h52-54H,6-51H2,1-5H3/t54-/m0/s1. The van der Waals surface area contributed by atoms with Gasteiger partial charge in [-0.25, -0.2) is 0 Å². The lowest BCUT2D eigenvalue weighted by Crippen LogP contribution is -2.30. The number of ether oxygens (including phenoxy) is 3. The molecule has 0 aromatic carbocycles. The molecular formula is C57H110O6. The van der Waals surface area contributed by atoms with Crippen LogP contribution in [0.15, 0.2) is 0 Å². The zero-order chi connectivity index (χ0) is 46.1. The molecule has 0 saturated heterocycles. The second-order valence-corrected chi connectivity index (χ2v) is 20.5. The average molecular weight is 892 g/mol. The zero-order valence-corrected chi connectivity index (χ0v) is 43.2. The van der Waals surface area contributed by atoms with Crippen molar-refractivity contribution >= 4 is 17.9 Å². The van der Waals surface area contributed by atoms with Crippen LogP contribution in [0.3, 0.4) is 0 Å². The first kappa shape index (κ1) is 61.4. The minimum absolute atomic E-state index is 0.0628. The summed E-state index contributed by atoms with van der Waals surface area (Å²) >= 11 is 0. The van der Waals surface area contributed by atoms with Gasteiger partial charge in [-0.1, -0.05) is 279 Å². The highest BCUT2D eigenvalue weighted by atomic mass is 16.6. The molecule has 0 bridgehead atoms. The fourth-order valence-corrected chi connectivity index (χ4v) is 8.70. The summed E-state index contributed by atoms with van der Waals surface area (Å²) in [7, 11) is 0. The van der Waals surface area contributed by atoms with E-state index in [0.717, 1.165) is 69.6 Å². The SMILES string of the molecule is CCCCCCCCCCCCCCCC(=O)O[C@@H](COC(=O)CCCCCCCCCCCCCCCCC(C)C)COC(=O)CCCCCCCCCCCCCCC(C)C. The maximum Gasteiger partial charge on any atom is 0.306 e. The van der Waals surface area contributed by atoms with Crippen LogP contribution >= 0.6 is 0 Å². The quantitative estimate of drug-likeness (QED) is 0.0344. The molecule has 0 aromatic rings. The molecule has 374 valence electrons. The monoisotopic (exact) mass is 891 g/mol. The summed E-state index contributed by atoms with van der Waals surface area (Å²) in [4.78, 5) is 38.1. The molecule has 0 aromatic heterocycles. The van der Waals surface area contributed by atoms with Gasteiger partial charge in [0, 0.05) is 19.3 Å². The molecule has 0 rings (SSSR count). The van der Waals surface area contributed by atoms with Crippen molar-refractivity contribution in [2.45, 2.75) is 323 Å². The molecule has 1 atom stereocenters. The lowest BCUT2D eigenvalue weighted by Gasteiger charge is -2.18. The molecular weight excluding hydrogens is 781 g/mol. The van der Waals surface area contributed by atoms with Gasteiger partial charge < -0.3 is 14.2 Å². The van der Waals surface area contributed by atoms with E-state index in [1.54, 1.807) is 0 Å². The third-order valence-corrected chi connectivity index (χ3v) is 13.0. The fourth-order valence-electron chi connectivity index (χ4n) is 8.70. The summed E-state index contributed by atoms with van der Waals surface area (Å²) in [5, 5.41) is 0. The zero-order valence-electron chi connectivity index (χ0n) is 43.2. The molecule has 0 saturated carbocycles. The second-order valence-electron chi connectivity index (χ2n) is 20.5. The molecule has 6 nitrogen and oxygen atoms in total. The van der Waals surface area contributed by atoms with Gasteiger partial charge in [-0.2, -0.15) is 0 Å². The van der Waals surface area contributed by atoms with Crippen molar-refractivity contribution in [1.82, 2.24) is 0 Å². The molecule has 0 unspecified atom stereocenters. The highest BCUT2D eigenvalue weighted by molar-refractivity contribution is 5.71. The van der Waals surface area contributed by atoms with Crippen molar-refractivity contribution in [3.63, 3.8) is 0 Å². The smallest absolute Gasteiger partial charge is 0.306 e. The predicted molar refractivity (Wildman–Crippen MR) is 270 cm³/mol. The van der Waals surface area contributed by atoms with Gasteiger partial charge in [0.2, 0.25) is 0 Å². The summed E-state index contributed by atoms with van der Waals surface area (Å²) in [5.41, 5.74) is 0. The third kappa shape index (κ3) is 51.3. The summed E-state index contributed by atoms with van der Waals surface area (Å²) in [6.07, 6.45) is 52.3. The van der Waals surface area contributed by atoms with Gasteiger partial charge in [0.1, 0.15) is 13.2 Å². The number of rotatable bonds is 51. The van der Waals surface area contributed by atoms with Gasteiger partial charge in [-0.15, -0.1) is 0 Å². The maximum atomic E-state index is 12.8. The van der Waals surface area contributed by atoms with Crippen LogP contribution in [0.4, 0.5) is 0 Å². The van der Waals surface area contributed by atoms with E-state index in [9.17, 15) is 14.4 Å². The Hall–Kier alpha value is -1.59. The Labute approximate surface area is 393 Å². The van der Waals surface area contributed by atoms with Crippen molar-refractivity contribution in [3.8, 4) is 0 Å². The van der Waals surface area contributed by atoms with Gasteiger partial charge in [-0.3, -0.25) is 14.4 Å². The van der Waals surface area contributed by atoms with Crippen LogP contribution in [0.25, 0.3) is 0 Å². The normalized spacial score (nSPS) is 12.0. The number of esters is 3. The van der Waals surface area contributed by atoms with Gasteiger partial charge in [0.15, 0.2) is 6.10 Å². The largest absolute Gasteiger partial charge is 0.462 e. The van der Waals surface area contributed by atoms with Crippen LogP contribution in [-0.2, 0) is 28.6 Å². The number of unbranched alkanes of at least 4 members (excludes halogenated alkanes) is 36. The molecule has 0 heterocycles. The molecule has 0 spiro atoms. The van der Waals surface area contributed by atoms with Crippen LogP contribution in [0.5, 0.6) is 0 Å². The van der Waals surface area contributed by atoms with Gasteiger partial charge in [-0.05, 0) is 31.1 Å².